The highest BCUT2D eigenvalue weighted by atomic mass is 32.2. The minimum absolute atomic E-state index is 0.105. The van der Waals surface area contributed by atoms with Gasteiger partial charge in [0, 0.05) is 12.6 Å². The van der Waals surface area contributed by atoms with Crippen LogP contribution in [0.3, 0.4) is 0 Å². The van der Waals surface area contributed by atoms with Crippen molar-refractivity contribution in [1.82, 2.24) is 4.31 Å². The van der Waals surface area contributed by atoms with Crippen LogP contribution in [0.4, 0.5) is 13.2 Å². The number of rotatable bonds is 5. The van der Waals surface area contributed by atoms with Crippen molar-refractivity contribution in [2.75, 3.05) is 13.2 Å². The summed E-state index contributed by atoms with van der Waals surface area (Å²) in [5, 5.41) is 0. The Labute approximate surface area is 144 Å². The van der Waals surface area contributed by atoms with Crippen LogP contribution in [0.15, 0.2) is 29.2 Å². The Morgan fingerprint density at radius 3 is 2.68 bits per heavy atom. The second-order valence-electron chi connectivity index (χ2n) is 5.80. The lowest BCUT2D eigenvalue weighted by atomic mass is 10.0. The third-order valence-electron chi connectivity index (χ3n) is 4.05. The molecule has 0 bridgehead atoms. The van der Waals surface area contributed by atoms with E-state index in [2.05, 4.69) is 0 Å². The van der Waals surface area contributed by atoms with Crippen LogP contribution in [0.5, 0.6) is 0 Å². The summed E-state index contributed by atoms with van der Waals surface area (Å²) in [6.07, 6.45) is -2.92. The quantitative estimate of drug-likeness (QED) is 0.737. The van der Waals surface area contributed by atoms with E-state index in [1.807, 2.05) is 0 Å². The van der Waals surface area contributed by atoms with Crippen LogP contribution >= 0.6 is 0 Å². The van der Waals surface area contributed by atoms with Crippen LogP contribution in [-0.2, 0) is 25.7 Å². The third-order valence-corrected chi connectivity index (χ3v) is 6.00. The first kappa shape index (κ1) is 19.7. The molecule has 0 spiro atoms. The highest BCUT2D eigenvalue weighted by Crippen LogP contribution is 2.33. The number of benzene rings is 1. The van der Waals surface area contributed by atoms with E-state index in [1.165, 1.54) is 0 Å². The molecule has 0 aliphatic carbocycles. The minimum atomic E-state index is -4.63. The van der Waals surface area contributed by atoms with E-state index < -0.39 is 38.7 Å². The van der Waals surface area contributed by atoms with Gasteiger partial charge in [0.2, 0.25) is 10.0 Å². The summed E-state index contributed by atoms with van der Waals surface area (Å²) >= 11 is 0. The molecule has 1 atom stereocenters. The molecule has 9 heteroatoms. The Morgan fingerprint density at radius 1 is 1.32 bits per heavy atom. The molecule has 2 rings (SSSR count). The molecule has 1 aliphatic heterocycles. The summed E-state index contributed by atoms with van der Waals surface area (Å²) in [4.78, 5) is 11.3. The van der Waals surface area contributed by atoms with Gasteiger partial charge in [0.15, 0.2) is 0 Å². The summed E-state index contributed by atoms with van der Waals surface area (Å²) in [6, 6.07) is 3.06. The summed E-state index contributed by atoms with van der Waals surface area (Å²) in [6.45, 7) is 2.00. The van der Waals surface area contributed by atoms with Gasteiger partial charge >= 0.3 is 12.1 Å². The fourth-order valence-corrected chi connectivity index (χ4v) is 4.61. The van der Waals surface area contributed by atoms with E-state index in [0.717, 1.165) is 28.9 Å². The van der Waals surface area contributed by atoms with Crippen molar-refractivity contribution >= 4 is 16.0 Å². The second-order valence-corrected chi connectivity index (χ2v) is 7.69. The highest BCUT2D eigenvalue weighted by molar-refractivity contribution is 7.89. The van der Waals surface area contributed by atoms with E-state index in [0.29, 0.717) is 18.9 Å². The molecule has 1 aromatic carbocycles. The summed E-state index contributed by atoms with van der Waals surface area (Å²) < 4.78 is 70.2. The number of sulfonamides is 1. The molecule has 140 valence electrons. The van der Waals surface area contributed by atoms with Gasteiger partial charge in [-0.1, -0.05) is 12.5 Å². The number of hydrogen-bond acceptors (Lipinski definition) is 4. The van der Waals surface area contributed by atoms with Crippen molar-refractivity contribution < 1.29 is 31.1 Å². The smallest absolute Gasteiger partial charge is 0.416 e. The maximum absolute atomic E-state index is 12.9. The van der Waals surface area contributed by atoms with Crippen molar-refractivity contribution in [3.63, 3.8) is 0 Å². The van der Waals surface area contributed by atoms with Crippen molar-refractivity contribution in [3.8, 4) is 0 Å². The van der Waals surface area contributed by atoms with Gasteiger partial charge in [-0.2, -0.15) is 17.5 Å². The Kier molecular flexibility index (Phi) is 6.10. The van der Waals surface area contributed by atoms with Gasteiger partial charge in [0.25, 0.3) is 0 Å². The molecular weight excluding hydrogens is 359 g/mol. The molecule has 1 aliphatic rings. The molecule has 0 aromatic heterocycles. The lowest BCUT2D eigenvalue weighted by molar-refractivity contribution is -0.144. The molecule has 1 saturated heterocycles. The molecule has 0 N–H and O–H groups in total. The van der Waals surface area contributed by atoms with Gasteiger partial charge in [-0.25, -0.2) is 8.42 Å². The van der Waals surface area contributed by atoms with Crippen LogP contribution in [0.25, 0.3) is 0 Å². The molecule has 5 nitrogen and oxygen atoms in total. The van der Waals surface area contributed by atoms with Crippen molar-refractivity contribution in [1.29, 1.82) is 0 Å². The van der Waals surface area contributed by atoms with E-state index in [-0.39, 0.29) is 19.6 Å². The SMILES string of the molecule is CCOC(=O)CC1CCCCN1S(=O)(=O)c1cccc(C(F)(F)F)c1. The Morgan fingerprint density at radius 2 is 2.04 bits per heavy atom. The van der Waals surface area contributed by atoms with Crippen molar-refractivity contribution in [2.45, 2.75) is 49.7 Å². The lowest BCUT2D eigenvalue weighted by Crippen LogP contribution is -2.44. The number of hydrogen-bond donors (Lipinski definition) is 0. The van der Waals surface area contributed by atoms with Crippen LogP contribution in [0, 0.1) is 0 Å². The number of piperidine rings is 1. The summed E-state index contributed by atoms with van der Waals surface area (Å²) in [5.74, 6) is -0.515. The zero-order valence-electron chi connectivity index (χ0n) is 13.8. The van der Waals surface area contributed by atoms with Gasteiger partial charge in [0.1, 0.15) is 0 Å². The fraction of sp³-hybridized carbons (Fsp3) is 0.562. The number of carbonyl (C=O) groups is 1. The Bertz CT molecular complexity index is 718. The first-order valence-corrected chi connectivity index (χ1v) is 9.45. The normalized spacial score (nSPS) is 19.6. The van der Waals surface area contributed by atoms with E-state index >= 15 is 0 Å². The summed E-state index contributed by atoms with van der Waals surface area (Å²) in [5.41, 5.74) is -1.02. The van der Waals surface area contributed by atoms with Crippen molar-refractivity contribution in [2.24, 2.45) is 0 Å². The number of carbonyl (C=O) groups excluding carboxylic acids is 1. The molecule has 0 amide bonds. The number of alkyl halides is 3. The van der Waals surface area contributed by atoms with E-state index in [1.54, 1.807) is 6.92 Å². The first-order chi connectivity index (χ1) is 11.7. The van der Waals surface area contributed by atoms with E-state index in [4.69, 9.17) is 4.74 Å². The van der Waals surface area contributed by atoms with Crippen LogP contribution in [-0.4, -0.2) is 37.9 Å². The topological polar surface area (TPSA) is 63.7 Å². The van der Waals surface area contributed by atoms with Gasteiger partial charge in [0.05, 0.1) is 23.5 Å². The molecular formula is C16H20F3NO4S. The maximum atomic E-state index is 12.9. The zero-order valence-corrected chi connectivity index (χ0v) is 14.6. The van der Waals surface area contributed by atoms with Gasteiger partial charge in [-0.3, -0.25) is 4.79 Å². The molecule has 1 aromatic rings. The van der Waals surface area contributed by atoms with Crippen LogP contribution in [0.2, 0.25) is 0 Å². The van der Waals surface area contributed by atoms with Gasteiger partial charge in [-0.15, -0.1) is 0 Å². The molecule has 0 saturated carbocycles. The second kappa shape index (κ2) is 7.74. The molecule has 25 heavy (non-hydrogen) atoms. The maximum Gasteiger partial charge on any atom is 0.416 e. The fourth-order valence-electron chi connectivity index (χ4n) is 2.88. The number of halogens is 3. The monoisotopic (exact) mass is 379 g/mol. The molecule has 1 heterocycles. The van der Waals surface area contributed by atoms with Crippen LogP contribution in [0.1, 0.15) is 38.2 Å². The number of ether oxygens (including phenoxy) is 1. The van der Waals surface area contributed by atoms with Gasteiger partial charge in [-0.05, 0) is 38.0 Å². The molecule has 1 fully saturated rings. The average Bonchev–Trinajstić information content (AvgIpc) is 2.55. The summed E-state index contributed by atoms with van der Waals surface area (Å²) in [7, 11) is -4.13. The standard InChI is InChI=1S/C16H20F3NO4S/c1-2-24-15(21)11-13-7-3-4-9-20(13)25(22,23)14-8-5-6-12(10-14)16(17,18)19/h5-6,8,10,13H,2-4,7,9,11H2,1H3. The zero-order chi connectivity index (χ0) is 18.7. The van der Waals surface area contributed by atoms with Gasteiger partial charge < -0.3 is 4.74 Å². The Hall–Kier alpha value is -1.61. The highest BCUT2D eigenvalue weighted by Gasteiger charge is 2.37. The minimum Gasteiger partial charge on any atom is -0.466 e. The molecule has 1 unspecified atom stereocenters. The number of esters is 1. The predicted octanol–water partition coefficient (Wildman–Crippen LogP) is 3.20. The van der Waals surface area contributed by atoms with E-state index in [9.17, 15) is 26.4 Å². The average molecular weight is 379 g/mol. The van der Waals surface area contributed by atoms with Crippen molar-refractivity contribution in [3.05, 3.63) is 29.8 Å². The first-order valence-electron chi connectivity index (χ1n) is 8.01. The largest absolute Gasteiger partial charge is 0.466 e. The molecule has 0 radical (unpaired) electrons. The number of nitrogens with zero attached hydrogens (tertiary/aromatic N) is 1. The van der Waals surface area contributed by atoms with Crippen LogP contribution < -0.4 is 0 Å². The Balaban J connectivity index is 2.31. The lowest BCUT2D eigenvalue weighted by Gasteiger charge is -2.34. The third kappa shape index (κ3) is 4.72. The predicted molar refractivity (Wildman–Crippen MR) is 84.2 cm³/mol.